The van der Waals surface area contributed by atoms with Gasteiger partial charge in [-0.3, -0.25) is 4.79 Å². The first-order valence-electron chi connectivity index (χ1n) is 6.32. The monoisotopic (exact) mass is 250 g/mol. The molecule has 0 saturated carbocycles. The van der Waals surface area contributed by atoms with Crippen molar-refractivity contribution >= 4 is 11.6 Å². The Morgan fingerprint density at radius 1 is 1.44 bits per heavy atom. The van der Waals surface area contributed by atoms with Crippen LogP contribution in [0.25, 0.3) is 0 Å². The van der Waals surface area contributed by atoms with Crippen LogP contribution in [-0.4, -0.2) is 24.5 Å². The summed E-state index contributed by atoms with van der Waals surface area (Å²) < 4.78 is 13.9. The first-order chi connectivity index (χ1) is 8.49. The second-order valence-corrected chi connectivity index (χ2v) is 5.11. The van der Waals surface area contributed by atoms with Gasteiger partial charge >= 0.3 is 0 Å². The number of hydrogen-bond donors (Lipinski definition) is 1. The van der Waals surface area contributed by atoms with Gasteiger partial charge in [-0.15, -0.1) is 0 Å². The van der Waals surface area contributed by atoms with Crippen molar-refractivity contribution in [3.63, 3.8) is 0 Å². The Hall–Kier alpha value is -1.42. The average molecular weight is 250 g/mol. The van der Waals surface area contributed by atoms with E-state index in [0.717, 1.165) is 12.0 Å². The summed E-state index contributed by atoms with van der Waals surface area (Å²) in [7, 11) is 0. The lowest BCUT2D eigenvalue weighted by Crippen LogP contribution is -2.41. The highest BCUT2D eigenvalue weighted by atomic mass is 19.1. The van der Waals surface area contributed by atoms with Crippen molar-refractivity contribution in [2.45, 2.75) is 39.3 Å². The number of nitrogens with zero attached hydrogens (tertiary/aromatic N) is 1. The molecule has 1 aromatic carbocycles. The van der Waals surface area contributed by atoms with Crippen LogP contribution in [0.2, 0.25) is 0 Å². The van der Waals surface area contributed by atoms with Gasteiger partial charge in [-0.2, -0.15) is 0 Å². The summed E-state index contributed by atoms with van der Waals surface area (Å²) in [6.07, 6.45) is 0.727. The molecule has 1 atom stereocenters. The minimum atomic E-state index is -0.325. The molecule has 0 aromatic heterocycles. The molecule has 18 heavy (non-hydrogen) atoms. The fourth-order valence-electron chi connectivity index (χ4n) is 2.31. The van der Waals surface area contributed by atoms with Crippen LogP contribution in [0, 0.1) is 12.7 Å². The average Bonchev–Trinajstić information content (AvgIpc) is 2.60. The first kappa shape index (κ1) is 13.0. The van der Waals surface area contributed by atoms with E-state index in [-0.39, 0.29) is 23.8 Å². The van der Waals surface area contributed by atoms with Gasteiger partial charge in [0.1, 0.15) is 5.82 Å². The number of hydrogen-bond acceptors (Lipinski definition) is 2. The predicted molar refractivity (Wildman–Crippen MR) is 70.2 cm³/mol. The molecule has 0 bridgehead atoms. The van der Waals surface area contributed by atoms with E-state index < -0.39 is 0 Å². The summed E-state index contributed by atoms with van der Waals surface area (Å²) in [6.45, 7) is 6.41. The van der Waals surface area contributed by atoms with Crippen molar-refractivity contribution in [3.05, 3.63) is 29.6 Å². The quantitative estimate of drug-likeness (QED) is 0.892. The van der Waals surface area contributed by atoms with Crippen LogP contribution in [0.1, 0.15) is 25.8 Å². The molecule has 1 unspecified atom stereocenters. The van der Waals surface area contributed by atoms with Crippen LogP contribution in [0.15, 0.2) is 18.2 Å². The largest absolute Gasteiger partial charge is 0.308 e. The van der Waals surface area contributed by atoms with Gasteiger partial charge in [0, 0.05) is 12.6 Å². The topological polar surface area (TPSA) is 32.3 Å². The Kier molecular flexibility index (Phi) is 3.66. The van der Waals surface area contributed by atoms with Crippen molar-refractivity contribution in [2.24, 2.45) is 0 Å². The number of halogens is 1. The van der Waals surface area contributed by atoms with Crippen molar-refractivity contribution < 1.29 is 9.18 Å². The molecule has 3 nitrogen and oxygen atoms in total. The summed E-state index contributed by atoms with van der Waals surface area (Å²) in [5, 5.41) is 3.21. The van der Waals surface area contributed by atoms with Crippen LogP contribution < -0.4 is 10.2 Å². The Bertz CT molecular complexity index is 459. The maximum Gasteiger partial charge on any atom is 0.244 e. The third kappa shape index (κ3) is 2.53. The number of nitrogens with one attached hydrogen (secondary N) is 1. The van der Waals surface area contributed by atoms with E-state index in [0.29, 0.717) is 12.2 Å². The molecule has 1 aliphatic rings. The minimum absolute atomic E-state index is 0.0357. The maximum atomic E-state index is 13.9. The molecular formula is C14H19FN2O. The van der Waals surface area contributed by atoms with Gasteiger partial charge in [0.2, 0.25) is 5.91 Å². The zero-order valence-corrected chi connectivity index (χ0v) is 11.0. The molecule has 1 N–H and O–H groups in total. The lowest BCUT2D eigenvalue weighted by Gasteiger charge is -2.19. The minimum Gasteiger partial charge on any atom is -0.308 e. The summed E-state index contributed by atoms with van der Waals surface area (Å²) in [4.78, 5) is 13.7. The molecule has 2 rings (SSSR count). The molecule has 98 valence electrons. The fraction of sp³-hybridized carbons (Fsp3) is 0.500. The molecule has 1 aliphatic heterocycles. The Balaban J connectivity index is 2.18. The second-order valence-electron chi connectivity index (χ2n) is 5.11. The number of amides is 1. The van der Waals surface area contributed by atoms with Gasteiger partial charge in [0.15, 0.2) is 0 Å². The van der Waals surface area contributed by atoms with Gasteiger partial charge in [0.25, 0.3) is 0 Å². The van der Waals surface area contributed by atoms with Gasteiger partial charge in [-0.25, -0.2) is 4.39 Å². The van der Waals surface area contributed by atoms with Crippen LogP contribution in [0.3, 0.4) is 0 Å². The van der Waals surface area contributed by atoms with Crippen molar-refractivity contribution in [2.75, 3.05) is 11.4 Å². The molecule has 0 spiro atoms. The molecule has 1 amide bonds. The molecular weight excluding hydrogens is 231 g/mol. The Morgan fingerprint density at radius 2 is 2.17 bits per heavy atom. The lowest BCUT2D eigenvalue weighted by molar-refractivity contribution is -0.119. The third-order valence-corrected chi connectivity index (χ3v) is 3.13. The molecule has 1 saturated heterocycles. The highest BCUT2D eigenvalue weighted by Crippen LogP contribution is 2.25. The molecule has 1 fully saturated rings. The standard InChI is InChI=1S/C14H19FN2O/c1-9(2)16-12-6-7-17(14(12)18)13-5-4-10(3)8-11(13)15/h4-5,8-9,12,16H,6-7H2,1-3H3. The van der Waals surface area contributed by atoms with Crippen molar-refractivity contribution in [1.82, 2.24) is 5.32 Å². The highest BCUT2D eigenvalue weighted by molar-refractivity contribution is 5.99. The normalized spacial score (nSPS) is 19.9. The van der Waals surface area contributed by atoms with Crippen molar-refractivity contribution in [3.8, 4) is 0 Å². The molecule has 4 heteroatoms. The third-order valence-electron chi connectivity index (χ3n) is 3.13. The van der Waals surface area contributed by atoms with Gasteiger partial charge in [0.05, 0.1) is 11.7 Å². The van der Waals surface area contributed by atoms with E-state index in [2.05, 4.69) is 5.32 Å². The SMILES string of the molecule is Cc1ccc(N2CCC(NC(C)C)C2=O)c(F)c1. The first-order valence-corrected chi connectivity index (χ1v) is 6.32. The fourth-order valence-corrected chi connectivity index (χ4v) is 2.31. The zero-order valence-electron chi connectivity index (χ0n) is 11.0. The van der Waals surface area contributed by atoms with Crippen LogP contribution in [-0.2, 0) is 4.79 Å². The lowest BCUT2D eigenvalue weighted by atomic mass is 10.2. The number of benzene rings is 1. The number of aryl methyl sites for hydroxylation is 1. The van der Waals surface area contributed by atoms with E-state index in [1.54, 1.807) is 6.07 Å². The Labute approximate surface area is 107 Å². The zero-order chi connectivity index (χ0) is 13.3. The maximum absolute atomic E-state index is 13.9. The number of anilines is 1. The summed E-state index contributed by atoms with van der Waals surface area (Å²) in [5.41, 5.74) is 1.25. The van der Waals surface area contributed by atoms with Gasteiger partial charge < -0.3 is 10.2 Å². The van der Waals surface area contributed by atoms with E-state index in [1.165, 1.54) is 11.0 Å². The number of rotatable bonds is 3. The smallest absolute Gasteiger partial charge is 0.244 e. The number of carbonyl (C=O) groups excluding carboxylic acids is 1. The Morgan fingerprint density at radius 3 is 2.78 bits per heavy atom. The summed E-state index contributed by atoms with van der Waals surface area (Å²) in [5.74, 6) is -0.361. The summed E-state index contributed by atoms with van der Waals surface area (Å²) >= 11 is 0. The van der Waals surface area contributed by atoms with E-state index in [9.17, 15) is 9.18 Å². The van der Waals surface area contributed by atoms with E-state index >= 15 is 0 Å². The van der Waals surface area contributed by atoms with Gasteiger partial charge in [-0.1, -0.05) is 19.9 Å². The van der Waals surface area contributed by atoms with Crippen LogP contribution in [0.4, 0.5) is 10.1 Å². The predicted octanol–water partition coefficient (Wildman–Crippen LogP) is 2.24. The van der Waals surface area contributed by atoms with E-state index in [4.69, 9.17) is 0 Å². The summed E-state index contributed by atoms with van der Waals surface area (Å²) in [6, 6.07) is 5.04. The molecule has 1 heterocycles. The van der Waals surface area contributed by atoms with E-state index in [1.807, 2.05) is 26.8 Å². The van der Waals surface area contributed by atoms with Crippen LogP contribution in [0.5, 0.6) is 0 Å². The number of carbonyl (C=O) groups is 1. The van der Waals surface area contributed by atoms with Crippen LogP contribution >= 0.6 is 0 Å². The highest BCUT2D eigenvalue weighted by Gasteiger charge is 2.33. The van der Waals surface area contributed by atoms with Gasteiger partial charge in [-0.05, 0) is 31.0 Å². The second kappa shape index (κ2) is 5.06. The molecule has 0 aliphatic carbocycles. The molecule has 0 radical (unpaired) electrons. The molecule has 1 aromatic rings. The van der Waals surface area contributed by atoms with Crippen molar-refractivity contribution in [1.29, 1.82) is 0 Å².